The standard InChI is InChI=1S/C28H32N4O2/c1-18-10-13-22(14-11-18)32-25-9-6-8-23(25)26(30-32)27(33)29-24-15-12-21(17-19(24)2)28(34)31-16-5-4-7-20(31)3/h10-15,17,20H,4-9,16H2,1-3H3,(H,29,33). The molecule has 1 saturated heterocycles. The number of rotatable bonds is 4. The highest BCUT2D eigenvalue weighted by molar-refractivity contribution is 6.05. The highest BCUT2D eigenvalue weighted by atomic mass is 16.2. The molecule has 0 bridgehead atoms. The summed E-state index contributed by atoms with van der Waals surface area (Å²) in [7, 11) is 0. The molecule has 1 unspecified atom stereocenters. The number of nitrogens with zero attached hydrogens (tertiary/aromatic N) is 3. The van der Waals surface area contributed by atoms with Crippen LogP contribution in [0.4, 0.5) is 5.69 Å². The van der Waals surface area contributed by atoms with Crippen molar-refractivity contribution in [2.45, 2.75) is 65.3 Å². The van der Waals surface area contributed by atoms with Gasteiger partial charge in [-0.05, 0) is 95.2 Å². The average molecular weight is 457 g/mol. The van der Waals surface area contributed by atoms with Crippen LogP contribution in [0.2, 0.25) is 0 Å². The van der Waals surface area contributed by atoms with Crippen LogP contribution in [-0.2, 0) is 12.8 Å². The van der Waals surface area contributed by atoms with Crippen molar-refractivity contribution >= 4 is 17.5 Å². The maximum absolute atomic E-state index is 13.3. The first-order valence-electron chi connectivity index (χ1n) is 12.3. The number of anilines is 1. The first-order valence-corrected chi connectivity index (χ1v) is 12.3. The van der Waals surface area contributed by atoms with Gasteiger partial charge in [0.05, 0.1) is 5.69 Å². The fourth-order valence-corrected chi connectivity index (χ4v) is 5.20. The zero-order valence-corrected chi connectivity index (χ0v) is 20.2. The molecule has 176 valence electrons. The van der Waals surface area contributed by atoms with E-state index in [2.05, 4.69) is 31.3 Å². The van der Waals surface area contributed by atoms with Crippen LogP contribution in [0.1, 0.15) is 75.8 Å². The fourth-order valence-electron chi connectivity index (χ4n) is 5.20. The van der Waals surface area contributed by atoms with Crippen molar-refractivity contribution < 1.29 is 9.59 Å². The van der Waals surface area contributed by atoms with Gasteiger partial charge in [-0.3, -0.25) is 9.59 Å². The summed E-state index contributed by atoms with van der Waals surface area (Å²) in [6.07, 6.45) is 6.11. The zero-order chi connectivity index (χ0) is 23.8. The maximum Gasteiger partial charge on any atom is 0.276 e. The number of benzene rings is 2. The number of hydrogen-bond acceptors (Lipinski definition) is 3. The topological polar surface area (TPSA) is 67.2 Å². The minimum absolute atomic E-state index is 0.0721. The summed E-state index contributed by atoms with van der Waals surface area (Å²) in [5, 5.41) is 7.76. The number of carbonyl (C=O) groups is 2. The van der Waals surface area contributed by atoms with E-state index in [1.807, 2.05) is 46.8 Å². The molecule has 3 aromatic rings. The van der Waals surface area contributed by atoms with Crippen LogP contribution < -0.4 is 5.32 Å². The molecule has 1 N–H and O–H groups in total. The van der Waals surface area contributed by atoms with Gasteiger partial charge in [-0.1, -0.05) is 17.7 Å². The Morgan fingerprint density at radius 3 is 2.53 bits per heavy atom. The van der Waals surface area contributed by atoms with E-state index in [9.17, 15) is 9.59 Å². The molecule has 0 radical (unpaired) electrons. The lowest BCUT2D eigenvalue weighted by atomic mass is 10.0. The zero-order valence-electron chi connectivity index (χ0n) is 20.2. The van der Waals surface area contributed by atoms with Gasteiger partial charge in [0, 0.05) is 35.1 Å². The molecule has 1 atom stereocenters. The van der Waals surface area contributed by atoms with Crippen LogP contribution in [0.5, 0.6) is 0 Å². The van der Waals surface area contributed by atoms with E-state index in [4.69, 9.17) is 5.10 Å². The first kappa shape index (κ1) is 22.4. The van der Waals surface area contributed by atoms with Gasteiger partial charge in [-0.25, -0.2) is 4.68 Å². The number of aryl methyl sites for hydroxylation is 2. The van der Waals surface area contributed by atoms with Crippen molar-refractivity contribution in [3.05, 3.63) is 76.1 Å². The predicted octanol–water partition coefficient (Wildman–Crippen LogP) is 5.24. The number of fused-ring (bicyclic) bond motifs is 1. The Hall–Kier alpha value is -3.41. The second-order valence-electron chi connectivity index (χ2n) is 9.70. The molecule has 2 amide bonds. The molecule has 1 aliphatic carbocycles. The van der Waals surface area contributed by atoms with Gasteiger partial charge >= 0.3 is 0 Å². The number of piperidine rings is 1. The van der Waals surface area contributed by atoms with Gasteiger partial charge in [-0.15, -0.1) is 0 Å². The molecule has 1 aromatic heterocycles. The van der Waals surface area contributed by atoms with Crippen LogP contribution in [0, 0.1) is 13.8 Å². The second-order valence-corrected chi connectivity index (χ2v) is 9.70. The molecule has 2 aromatic carbocycles. The quantitative estimate of drug-likeness (QED) is 0.583. The van der Waals surface area contributed by atoms with Crippen molar-refractivity contribution in [1.82, 2.24) is 14.7 Å². The van der Waals surface area contributed by atoms with Gasteiger partial charge in [-0.2, -0.15) is 5.10 Å². The van der Waals surface area contributed by atoms with Crippen molar-refractivity contribution in [2.24, 2.45) is 0 Å². The number of nitrogens with one attached hydrogen (secondary N) is 1. The first-order chi connectivity index (χ1) is 16.4. The fraction of sp³-hybridized carbons (Fsp3) is 0.393. The lowest BCUT2D eigenvalue weighted by molar-refractivity contribution is 0.0635. The second kappa shape index (κ2) is 9.09. The van der Waals surface area contributed by atoms with E-state index in [-0.39, 0.29) is 17.9 Å². The molecule has 5 rings (SSSR count). The molecular weight excluding hydrogens is 424 g/mol. The normalized spacial score (nSPS) is 17.5. The summed E-state index contributed by atoms with van der Waals surface area (Å²) in [5.41, 5.74) is 7.10. The Morgan fingerprint density at radius 2 is 1.79 bits per heavy atom. The number of aromatic nitrogens is 2. The molecule has 6 heteroatoms. The summed E-state index contributed by atoms with van der Waals surface area (Å²) >= 11 is 0. The Kier molecular flexibility index (Phi) is 5.98. The van der Waals surface area contributed by atoms with Crippen molar-refractivity contribution in [1.29, 1.82) is 0 Å². The summed E-state index contributed by atoms with van der Waals surface area (Å²) in [6, 6.07) is 14.0. The number of likely N-dealkylation sites (tertiary alicyclic amines) is 1. The van der Waals surface area contributed by atoms with E-state index in [0.717, 1.165) is 61.2 Å². The molecule has 0 saturated carbocycles. The summed E-state index contributed by atoms with van der Waals surface area (Å²) in [5.74, 6) is -0.126. The molecule has 1 fully saturated rings. The summed E-state index contributed by atoms with van der Waals surface area (Å²) < 4.78 is 1.92. The van der Waals surface area contributed by atoms with Crippen LogP contribution in [0.3, 0.4) is 0 Å². The Labute approximate surface area is 201 Å². The SMILES string of the molecule is Cc1ccc(-n2nc(C(=O)Nc3ccc(C(=O)N4CCCCC4C)cc3C)c3c2CCC3)cc1. The third-order valence-corrected chi connectivity index (χ3v) is 7.21. The molecule has 2 heterocycles. The Balaban J connectivity index is 1.37. The monoisotopic (exact) mass is 456 g/mol. The van der Waals surface area contributed by atoms with Gasteiger partial charge < -0.3 is 10.2 Å². The van der Waals surface area contributed by atoms with Crippen LogP contribution >= 0.6 is 0 Å². The molecular formula is C28H32N4O2. The minimum Gasteiger partial charge on any atom is -0.336 e. The number of hydrogen-bond donors (Lipinski definition) is 1. The van der Waals surface area contributed by atoms with E-state index in [0.29, 0.717) is 16.9 Å². The largest absolute Gasteiger partial charge is 0.336 e. The lowest BCUT2D eigenvalue weighted by Gasteiger charge is -2.33. The third kappa shape index (κ3) is 4.13. The molecule has 6 nitrogen and oxygen atoms in total. The average Bonchev–Trinajstić information content (AvgIpc) is 3.44. The third-order valence-electron chi connectivity index (χ3n) is 7.21. The minimum atomic E-state index is -0.198. The van der Waals surface area contributed by atoms with Crippen molar-refractivity contribution in [3.8, 4) is 5.69 Å². The van der Waals surface area contributed by atoms with Crippen molar-refractivity contribution in [2.75, 3.05) is 11.9 Å². The lowest BCUT2D eigenvalue weighted by Crippen LogP contribution is -2.42. The van der Waals surface area contributed by atoms with E-state index >= 15 is 0 Å². The maximum atomic E-state index is 13.3. The van der Waals surface area contributed by atoms with Gasteiger partial charge in [0.25, 0.3) is 11.8 Å². The molecule has 2 aliphatic rings. The Bertz CT molecular complexity index is 1240. The molecule has 0 spiro atoms. The van der Waals surface area contributed by atoms with Gasteiger partial charge in [0.15, 0.2) is 5.69 Å². The highest BCUT2D eigenvalue weighted by Crippen LogP contribution is 2.29. The number of amides is 2. The van der Waals surface area contributed by atoms with E-state index in [1.165, 1.54) is 12.0 Å². The van der Waals surface area contributed by atoms with E-state index < -0.39 is 0 Å². The number of carbonyl (C=O) groups excluding carboxylic acids is 2. The molecule has 34 heavy (non-hydrogen) atoms. The van der Waals surface area contributed by atoms with Crippen LogP contribution in [0.15, 0.2) is 42.5 Å². The highest BCUT2D eigenvalue weighted by Gasteiger charge is 2.28. The Morgan fingerprint density at radius 1 is 1.00 bits per heavy atom. The summed E-state index contributed by atoms with van der Waals surface area (Å²) in [6.45, 7) is 6.92. The van der Waals surface area contributed by atoms with Crippen LogP contribution in [0.25, 0.3) is 5.69 Å². The smallest absolute Gasteiger partial charge is 0.276 e. The van der Waals surface area contributed by atoms with Gasteiger partial charge in [0.2, 0.25) is 0 Å². The van der Waals surface area contributed by atoms with Gasteiger partial charge in [0.1, 0.15) is 0 Å². The van der Waals surface area contributed by atoms with Crippen LogP contribution in [-0.4, -0.2) is 39.1 Å². The predicted molar refractivity (Wildman–Crippen MR) is 134 cm³/mol. The van der Waals surface area contributed by atoms with E-state index in [1.54, 1.807) is 0 Å². The summed E-state index contributed by atoms with van der Waals surface area (Å²) in [4.78, 5) is 28.3. The van der Waals surface area contributed by atoms with Crippen molar-refractivity contribution in [3.63, 3.8) is 0 Å². The molecule has 1 aliphatic heterocycles.